The lowest BCUT2D eigenvalue weighted by Crippen LogP contribution is -2.16. The van der Waals surface area contributed by atoms with Gasteiger partial charge in [0, 0.05) is 7.11 Å². The molecule has 0 unspecified atom stereocenters. The third-order valence-corrected chi connectivity index (χ3v) is 6.85. The minimum Gasteiger partial charge on any atom is -0.499 e. The molecule has 0 aliphatic heterocycles. The smallest absolute Gasteiger partial charge is 0.111 e. The second-order valence-electron chi connectivity index (χ2n) is 11.4. The van der Waals surface area contributed by atoms with E-state index in [0.717, 1.165) is 0 Å². The molecule has 58 heavy (non-hydrogen) atoms. The lowest BCUT2D eigenvalue weighted by atomic mass is 10.6. The molecule has 0 N–H and O–H groups in total. The van der Waals surface area contributed by atoms with Gasteiger partial charge in [0.05, 0.1) is 238 Å². The molecule has 0 aromatic rings. The molecule has 348 valence electrons. The van der Waals surface area contributed by atoms with Crippen LogP contribution in [0, 0.1) is 0 Å². The Morgan fingerprint density at radius 2 is 0.328 bits per heavy atom. The van der Waals surface area contributed by atoms with Gasteiger partial charge in [-0.15, -0.1) is 0 Å². The zero-order chi connectivity index (χ0) is 41.6. The largest absolute Gasteiger partial charge is 0.499 e. The topological polar surface area (TPSA) is 175 Å². The molecule has 0 aliphatic rings. The van der Waals surface area contributed by atoms with Crippen LogP contribution in [0.4, 0.5) is 0 Å². The quantitative estimate of drug-likeness (QED) is 0.0627. The predicted molar refractivity (Wildman–Crippen MR) is 212 cm³/mol. The van der Waals surface area contributed by atoms with Crippen LogP contribution >= 0.6 is 0 Å². The Balaban J connectivity index is 3.06. The SMILES string of the molecule is C=COCCOCCOCCOCCOCCOCCOCCOCCOCCOCCOCCOCCOCCOCCOCCOCCOCCOCCOC. The summed E-state index contributed by atoms with van der Waals surface area (Å²) >= 11 is 0. The van der Waals surface area contributed by atoms with E-state index in [1.165, 1.54) is 6.26 Å². The molecule has 19 heteroatoms. The fourth-order valence-electron chi connectivity index (χ4n) is 3.95. The molecule has 0 atom stereocenters. The highest BCUT2D eigenvalue weighted by molar-refractivity contribution is 4.48. The van der Waals surface area contributed by atoms with Crippen LogP contribution in [-0.2, 0) is 90.0 Å². The summed E-state index contributed by atoms with van der Waals surface area (Å²) in [4.78, 5) is 0. The number of rotatable bonds is 55. The van der Waals surface area contributed by atoms with Gasteiger partial charge in [0.2, 0.25) is 0 Å². The molecule has 0 saturated heterocycles. The molecule has 0 fully saturated rings. The average molecular weight is 851 g/mol. The van der Waals surface area contributed by atoms with Crippen molar-refractivity contribution in [2.75, 3.05) is 245 Å². The van der Waals surface area contributed by atoms with E-state index in [2.05, 4.69) is 6.58 Å². The van der Waals surface area contributed by atoms with Gasteiger partial charge in [0.1, 0.15) is 6.61 Å². The van der Waals surface area contributed by atoms with Crippen molar-refractivity contribution in [3.63, 3.8) is 0 Å². The maximum Gasteiger partial charge on any atom is 0.111 e. The zero-order valence-corrected chi connectivity index (χ0v) is 35.5. The standard InChI is InChI=1S/C39H78O19/c1-3-41-6-7-43-10-11-45-14-15-47-18-19-49-22-23-51-26-27-53-30-31-55-34-35-57-38-39-58-37-36-56-33-32-54-29-28-52-25-24-50-21-20-48-17-16-46-13-12-44-9-8-42-5-4-40-2/h3H,1,4-39H2,2H3. The van der Waals surface area contributed by atoms with Gasteiger partial charge in [0.25, 0.3) is 0 Å². The minimum absolute atomic E-state index is 0.496. The summed E-state index contributed by atoms with van der Waals surface area (Å²) in [5.41, 5.74) is 0. The number of hydrogen-bond donors (Lipinski definition) is 0. The first-order valence-corrected chi connectivity index (χ1v) is 20.4. The second-order valence-corrected chi connectivity index (χ2v) is 11.4. The van der Waals surface area contributed by atoms with Gasteiger partial charge in [-0.25, -0.2) is 0 Å². The van der Waals surface area contributed by atoms with Crippen LogP contribution < -0.4 is 0 Å². The average Bonchev–Trinajstić information content (AvgIpc) is 3.23. The third-order valence-electron chi connectivity index (χ3n) is 6.85. The van der Waals surface area contributed by atoms with Crippen LogP contribution in [0.2, 0.25) is 0 Å². The highest BCUT2D eigenvalue weighted by Gasteiger charge is 1.98. The van der Waals surface area contributed by atoms with E-state index in [1.807, 2.05) is 0 Å². The Morgan fingerprint density at radius 3 is 0.448 bits per heavy atom. The van der Waals surface area contributed by atoms with Crippen LogP contribution in [0.3, 0.4) is 0 Å². The molecule has 0 aliphatic carbocycles. The monoisotopic (exact) mass is 851 g/mol. The molecule has 0 aromatic carbocycles. The fraction of sp³-hybridized carbons (Fsp3) is 0.949. The van der Waals surface area contributed by atoms with Gasteiger partial charge >= 0.3 is 0 Å². The Kier molecular flexibility index (Phi) is 54.7. The van der Waals surface area contributed by atoms with Crippen LogP contribution in [-0.4, -0.2) is 245 Å². The predicted octanol–water partition coefficient (Wildman–Crippen LogP) is 1.08. The first kappa shape index (κ1) is 56.8. The normalized spacial score (nSPS) is 11.5. The Bertz CT molecular complexity index is 730. The molecule has 0 heterocycles. The molecule has 0 radical (unpaired) electrons. The summed E-state index contributed by atoms with van der Waals surface area (Å²) in [5.74, 6) is 0. The summed E-state index contributed by atoms with van der Waals surface area (Å²) in [7, 11) is 1.64. The second kappa shape index (κ2) is 55.8. The number of hydrogen-bond acceptors (Lipinski definition) is 19. The molecule has 19 nitrogen and oxygen atoms in total. The minimum atomic E-state index is 0.496. The van der Waals surface area contributed by atoms with E-state index in [4.69, 9.17) is 90.0 Å². The summed E-state index contributed by atoms with van der Waals surface area (Å²) in [6.07, 6.45) is 1.39. The van der Waals surface area contributed by atoms with Crippen molar-refractivity contribution in [1.29, 1.82) is 0 Å². The van der Waals surface area contributed by atoms with Crippen LogP contribution in [0.15, 0.2) is 12.8 Å². The third kappa shape index (κ3) is 54.8. The molecular formula is C39H78O19. The van der Waals surface area contributed by atoms with E-state index in [1.54, 1.807) is 7.11 Å². The summed E-state index contributed by atoms with van der Waals surface area (Å²) < 4.78 is 103. The zero-order valence-electron chi connectivity index (χ0n) is 35.5. The van der Waals surface area contributed by atoms with Crippen molar-refractivity contribution in [1.82, 2.24) is 0 Å². The van der Waals surface area contributed by atoms with Gasteiger partial charge in [-0.05, 0) is 0 Å². The lowest BCUT2D eigenvalue weighted by molar-refractivity contribution is -0.0310. The van der Waals surface area contributed by atoms with E-state index < -0.39 is 0 Å². The van der Waals surface area contributed by atoms with Gasteiger partial charge in [0.15, 0.2) is 0 Å². The van der Waals surface area contributed by atoms with Crippen molar-refractivity contribution in [3.8, 4) is 0 Å². The number of methoxy groups -OCH3 is 1. The molecule has 0 bridgehead atoms. The Morgan fingerprint density at radius 1 is 0.207 bits per heavy atom. The first-order chi connectivity index (χ1) is 28.9. The molecular weight excluding hydrogens is 772 g/mol. The van der Waals surface area contributed by atoms with Crippen molar-refractivity contribution >= 4 is 0 Å². The van der Waals surface area contributed by atoms with E-state index in [-0.39, 0.29) is 0 Å². The van der Waals surface area contributed by atoms with Gasteiger partial charge in [-0.1, -0.05) is 6.58 Å². The van der Waals surface area contributed by atoms with Crippen molar-refractivity contribution in [2.24, 2.45) is 0 Å². The number of ether oxygens (including phenoxy) is 19. The van der Waals surface area contributed by atoms with Crippen molar-refractivity contribution in [3.05, 3.63) is 12.8 Å². The fourth-order valence-corrected chi connectivity index (χ4v) is 3.95. The van der Waals surface area contributed by atoms with Gasteiger partial charge in [-0.3, -0.25) is 0 Å². The van der Waals surface area contributed by atoms with Crippen molar-refractivity contribution in [2.45, 2.75) is 0 Å². The molecule has 0 spiro atoms. The summed E-state index contributed by atoms with van der Waals surface area (Å²) in [5, 5.41) is 0. The Labute approximate surface area is 347 Å². The van der Waals surface area contributed by atoms with E-state index >= 15 is 0 Å². The van der Waals surface area contributed by atoms with Gasteiger partial charge < -0.3 is 90.0 Å². The first-order valence-electron chi connectivity index (χ1n) is 20.4. The lowest BCUT2D eigenvalue weighted by Gasteiger charge is -2.09. The molecule has 0 rings (SSSR count). The maximum atomic E-state index is 5.50. The van der Waals surface area contributed by atoms with E-state index in [9.17, 15) is 0 Å². The van der Waals surface area contributed by atoms with Crippen LogP contribution in [0.1, 0.15) is 0 Å². The van der Waals surface area contributed by atoms with Gasteiger partial charge in [-0.2, -0.15) is 0 Å². The highest BCUT2D eigenvalue weighted by Crippen LogP contribution is 1.89. The highest BCUT2D eigenvalue weighted by atomic mass is 16.6. The van der Waals surface area contributed by atoms with E-state index in [0.29, 0.717) is 238 Å². The van der Waals surface area contributed by atoms with Crippen LogP contribution in [0.25, 0.3) is 0 Å². The molecule has 0 aromatic heterocycles. The van der Waals surface area contributed by atoms with Crippen molar-refractivity contribution < 1.29 is 90.0 Å². The maximum absolute atomic E-state index is 5.50. The molecule has 0 amide bonds. The summed E-state index contributed by atoms with van der Waals surface area (Å²) in [6, 6.07) is 0. The summed E-state index contributed by atoms with van der Waals surface area (Å²) in [6.45, 7) is 21.9. The Hall–Kier alpha value is -1.18. The van der Waals surface area contributed by atoms with Crippen LogP contribution in [0.5, 0.6) is 0 Å². The molecule has 0 saturated carbocycles.